The largest absolute Gasteiger partial charge is 0.369 e. The van der Waals surface area contributed by atoms with Crippen LogP contribution in [0.4, 0.5) is 5.13 Å². The Labute approximate surface area is 115 Å². The molecule has 0 fully saturated rings. The molecule has 0 saturated heterocycles. The van der Waals surface area contributed by atoms with Gasteiger partial charge in [-0.05, 0) is 5.92 Å². The number of thiazole rings is 1. The van der Waals surface area contributed by atoms with Gasteiger partial charge in [0, 0.05) is 17.6 Å². The highest BCUT2D eigenvalue weighted by atomic mass is 32.2. The van der Waals surface area contributed by atoms with Crippen molar-refractivity contribution in [1.82, 2.24) is 4.98 Å². The van der Waals surface area contributed by atoms with E-state index < -0.39 is 0 Å². The van der Waals surface area contributed by atoms with Crippen molar-refractivity contribution in [1.29, 1.82) is 0 Å². The van der Waals surface area contributed by atoms with E-state index in [2.05, 4.69) is 24.1 Å². The Bertz CT molecular complexity index is 418. The minimum Gasteiger partial charge on any atom is -0.369 e. The van der Waals surface area contributed by atoms with E-state index in [1.165, 1.54) is 23.1 Å². The van der Waals surface area contributed by atoms with Gasteiger partial charge in [-0.2, -0.15) is 11.8 Å². The van der Waals surface area contributed by atoms with E-state index in [9.17, 15) is 9.59 Å². The number of hydrogen-bond acceptors (Lipinski definition) is 5. The van der Waals surface area contributed by atoms with Crippen LogP contribution in [0.2, 0.25) is 0 Å². The van der Waals surface area contributed by atoms with Crippen LogP contribution in [-0.4, -0.2) is 28.3 Å². The first-order valence-corrected chi connectivity index (χ1v) is 7.63. The number of anilines is 1. The van der Waals surface area contributed by atoms with Crippen LogP contribution in [0.1, 0.15) is 31.9 Å². The molecule has 100 valence electrons. The van der Waals surface area contributed by atoms with Crippen molar-refractivity contribution in [2.45, 2.75) is 26.2 Å². The van der Waals surface area contributed by atoms with E-state index >= 15 is 0 Å². The van der Waals surface area contributed by atoms with Crippen molar-refractivity contribution in [3.8, 4) is 0 Å². The van der Waals surface area contributed by atoms with Gasteiger partial charge in [-0.15, -0.1) is 11.3 Å². The summed E-state index contributed by atoms with van der Waals surface area (Å²) >= 11 is 2.78. The molecule has 5 nitrogen and oxygen atoms in total. The summed E-state index contributed by atoms with van der Waals surface area (Å²) < 4.78 is 0. The number of nitrogens with zero attached hydrogens (tertiary/aromatic N) is 1. The van der Waals surface area contributed by atoms with Crippen LogP contribution in [0.15, 0.2) is 5.38 Å². The number of thioether (sulfide) groups is 1. The van der Waals surface area contributed by atoms with Crippen LogP contribution in [0.3, 0.4) is 0 Å². The van der Waals surface area contributed by atoms with Crippen LogP contribution >= 0.6 is 23.1 Å². The Kier molecular flexibility index (Phi) is 6.14. The van der Waals surface area contributed by atoms with E-state index in [1.54, 1.807) is 0 Å². The second kappa shape index (κ2) is 7.38. The fraction of sp³-hybridized carbons (Fsp3) is 0.545. The number of rotatable bonds is 7. The van der Waals surface area contributed by atoms with Gasteiger partial charge < -0.3 is 11.1 Å². The van der Waals surface area contributed by atoms with E-state index in [1.807, 2.05) is 5.38 Å². The molecular formula is C11H17N3O2S2. The first-order valence-electron chi connectivity index (χ1n) is 5.60. The molecule has 0 aliphatic heterocycles. The number of hydrogen-bond donors (Lipinski definition) is 2. The third-order valence-corrected chi connectivity index (χ3v) is 3.84. The highest BCUT2D eigenvalue weighted by Crippen LogP contribution is 2.21. The van der Waals surface area contributed by atoms with Crippen molar-refractivity contribution in [3.05, 3.63) is 11.1 Å². The van der Waals surface area contributed by atoms with Gasteiger partial charge in [0.1, 0.15) is 0 Å². The molecule has 0 radical (unpaired) electrons. The van der Waals surface area contributed by atoms with Gasteiger partial charge in [0.15, 0.2) is 5.13 Å². The average molecular weight is 287 g/mol. The third-order valence-electron chi connectivity index (χ3n) is 2.08. The summed E-state index contributed by atoms with van der Waals surface area (Å²) in [6.07, 6.45) is 0.356. The van der Waals surface area contributed by atoms with Gasteiger partial charge in [-0.3, -0.25) is 9.59 Å². The van der Waals surface area contributed by atoms with Crippen LogP contribution in [0.5, 0.6) is 0 Å². The standard InChI is InChI=1S/C11H17N3O2S2/c1-7(2)8-5-18-11(13-8)14-10(16)3-4-17-6-9(12)15/h5,7H,3-4,6H2,1-2H3,(H2,12,15)(H,13,14,16). The Balaban J connectivity index is 2.28. The number of carbonyl (C=O) groups is 2. The average Bonchev–Trinajstić information content (AvgIpc) is 2.72. The zero-order valence-electron chi connectivity index (χ0n) is 10.4. The highest BCUT2D eigenvalue weighted by Gasteiger charge is 2.08. The summed E-state index contributed by atoms with van der Waals surface area (Å²) in [6.45, 7) is 4.11. The lowest BCUT2D eigenvalue weighted by molar-refractivity contribution is -0.116. The molecule has 18 heavy (non-hydrogen) atoms. The number of aromatic nitrogens is 1. The van der Waals surface area contributed by atoms with Gasteiger partial charge in [0.2, 0.25) is 11.8 Å². The maximum Gasteiger partial charge on any atom is 0.227 e. The predicted molar refractivity (Wildman–Crippen MR) is 76.0 cm³/mol. The number of nitrogens with two attached hydrogens (primary N) is 1. The maximum absolute atomic E-state index is 11.6. The molecule has 1 heterocycles. The third kappa shape index (κ3) is 5.50. The van der Waals surface area contributed by atoms with E-state index in [0.717, 1.165) is 5.69 Å². The Hall–Kier alpha value is -1.08. The van der Waals surface area contributed by atoms with Gasteiger partial charge in [0.25, 0.3) is 0 Å². The minimum absolute atomic E-state index is 0.0865. The molecule has 0 aliphatic carbocycles. The quantitative estimate of drug-likeness (QED) is 0.749. The van der Waals surface area contributed by atoms with Gasteiger partial charge >= 0.3 is 0 Å². The molecule has 1 aromatic heterocycles. The number of nitrogens with one attached hydrogen (secondary N) is 1. The summed E-state index contributed by atoms with van der Waals surface area (Å²) in [6, 6.07) is 0. The molecule has 0 atom stereocenters. The lowest BCUT2D eigenvalue weighted by Crippen LogP contribution is -2.15. The van der Waals surface area contributed by atoms with E-state index in [4.69, 9.17) is 5.73 Å². The van der Waals surface area contributed by atoms with Crippen LogP contribution in [0.25, 0.3) is 0 Å². The molecule has 0 aromatic carbocycles. The number of amides is 2. The van der Waals surface area contributed by atoms with Crippen molar-refractivity contribution in [2.75, 3.05) is 16.8 Å². The summed E-state index contributed by atoms with van der Waals surface area (Å²) in [5.41, 5.74) is 5.98. The summed E-state index contributed by atoms with van der Waals surface area (Å²) in [4.78, 5) is 26.4. The molecule has 0 unspecified atom stereocenters. The fourth-order valence-electron chi connectivity index (χ4n) is 1.13. The predicted octanol–water partition coefficient (Wildman–Crippen LogP) is 1.81. The molecule has 7 heteroatoms. The molecule has 0 aliphatic rings. The second-order valence-electron chi connectivity index (χ2n) is 4.05. The zero-order chi connectivity index (χ0) is 13.5. The number of carbonyl (C=O) groups excluding carboxylic acids is 2. The van der Waals surface area contributed by atoms with Gasteiger partial charge in [-0.1, -0.05) is 13.8 Å². The summed E-state index contributed by atoms with van der Waals surface area (Å²) in [5.74, 6) is 0.746. The normalized spacial score (nSPS) is 10.6. The van der Waals surface area contributed by atoms with Crippen molar-refractivity contribution >= 4 is 40.0 Å². The molecular weight excluding hydrogens is 270 g/mol. The Morgan fingerprint density at radius 1 is 1.56 bits per heavy atom. The Morgan fingerprint density at radius 3 is 2.83 bits per heavy atom. The van der Waals surface area contributed by atoms with Crippen LogP contribution < -0.4 is 11.1 Å². The first kappa shape index (κ1) is 15.0. The second-order valence-corrected chi connectivity index (χ2v) is 6.01. The first-order chi connectivity index (χ1) is 8.49. The molecule has 0 spiro atoms. The van der Waals surface area contributed by atoms with Gasteiger partial charge in [0.05, 0.1) is 11.4 Å². The summed E-state index contributed by atoms with van der Waals surface area (Å²) in [7, 11) is 0. The smallest absolute Gasteiger partial charge is 0.227 e. The summed E-state index contributed by atoms with van der Waals surface area (Å²) in [5, 5.41) is 5.32. The van der Waals surface area contributed by atoms with E-state index in [0.29, 0.717) is 23.2 Å². The molecule has 1 aromatic rings. The highest BCUT2D eigenvalue weighted by molar-refractivity contribution is 7.99. The van der Waals surface area contributed by atoms with Crippen LogP contribution in [0, 0.1) is 0 Å². The zero-order valence-corrected chi connectivity index (χ0v) is 12.1. The van der Waals surface area contributed by atoms with Crippen molar-refractivity contribution < 1.29 is 9.59 Å². The molecule has 0 saturated carbocycles. The van der Waals surface area contributed by atoms with E-state index in [-0.39, 0.29) is 17.6 Å². The SMILES string of the molecule is CC(C)c1csc(NC(=O)CCSCC(N)=O)n1. The van der Waals surface area contributed by atoms with Gasteiger partial charge in [-0.25, -0.2) is 4.98 Å². The fourth-order valence-corrected chi connectivity index (χ4v) is 2.69. The van der Waals surface area contributed by atoms with Crippen molar-refractivity contribution in [2.24, 2.45) is 5.73 Å². The lowest BCUT2D eigenvalue weighted by atomic mass is 10.2. The molecule has 1 rings (SSSR count). The molecule has 0 bridgehead atoms. The molecule has 3 N–H and O–H groups in total. The van der Waals surface area contributed by atoms with Crippen molar-refractivity contribution in [3.63, 3.8) is 0 Å². The molecule has 2 amide bonds. The topological polar surface area (TPSA) is 85.1 Å². The lowest BCUT2D eigenvalue weighted by Gasteiger charge is -2.01. The monoisotopic (exact) mass is 287 g/mol. The maximum atomic E-state index is 11.6. The minimum atomic E-state index is -0.359. The van der Waals surface area contributed by atoms with Crippen LogP contribution in [-0.2, 0) is 9.59 Å². The number of primary amides is 1. The Morgan fingerprint density at radius 2 is 2.28 bits per heavy atom.